The molecule has 7 heteroatoms. The van der Waals surface area contributed by atoms with E-state index in [1.807, 2.05) is 30.0 Å². The van der Waals surface area contributed by atoms with Crippen molar-refractivity contribution in [1.29, 1.82) is 0 Å². The molecule has 1 N–H and O–H groups in total. The maximum Gasteiger partial charge on any atom is 0.261 e. The van der Waals surface area contributed by atoms with Gasteiger partial charge in [-0.05, 0) is 68.0 Å². The van der Waals surface area contributed by atoms with Crippen molar-refractivity contribution in [3.8, 4) is 5.75 Å². The van der Waals surface area contributed by atoms with Crippen LogP contribution in [0.25, 0.3) is 10.9 Å². The van der Waals surface area contributed by atoms with Gasteiger partial charge in [0.1, 0.15) is 5.75 Å². The van der Waals surface area contributed by atoms with Crippen LogP contribution in [-0.2, 0) is 4.79 Å². The number of fused-ring (bicyclic) bond motifs is 2. The Hall–Kier alpha value is -3.61. The van der Waals surface area contributed by atoms with Crippen molar-refractivity contribution in [3.63, 3.8) is 0 Å². The summed E-state index contributed by atoms with van der Waals surface area (Å²) >= 11 is 0. The molecule has 0 spiro atoms. The molecule has 0 radical (unpaired) electrons. The maximum absolute atomic E-state index is 12.8. The van der Waals surface area contributed by atoms with E-state index in [4.69, 9.17) is 4.74 Å². The Morgan fingerprint density at radius 3 is 2.59 bits per heavy atom. The lowest BCUT2D eigenvalue weighted by Crippen LogP contribution is -2.38. The monoisotopic (exact) mass is 459 g/mol. The molecule has 0 bridgehead atoms. The molecule has 2 aliphatic rings. The van der Waals surface area contributed by atoms with Crippen molar-refractivity contribution in [1.82, 2.24) is 14.8 Å². The van der Waals surface area contributed by atoms with Gasteiger partial charge in [-0.2, -0.15) is 0 Å². The molecule has 2 aromatic carbocycles. The number of benzene rings is 2. The molecule has 0 saturated carbocycles. The highest BCUT2D eigenvalue weighted by atomic mass is 16.5. The second-order valence-electron chi connectivity index (χ2n) is 9.23. The third kappa shape index (κ3) is 3.95. The van der Waals surface area contributed by atoms with Gasteiger partial charge in [-0.25, -0.2) is 0 Å². The number of carbonyl (C=O) groups excluding carboxylic acids is 3. The largest absolute Gasteiger partial charge is 0.497 e. The fraction of sp³-hybridized carbons (Fsp3) is 0.370. The Balaban J connectivity index is 1.14. The smallest absolute Gasteiger partial charge is 0.261 e. The molecule has 1 fully saturated rings. The van der Waals surface area contributed by atoms with E-state index in [2.05, 4.69) is 17.2 Å². The molecule has 7 nitrogen and oxygen atoms in total. The first-order chi connectivity index (χ1) is 16.5. The van der Waals surface area contributed by atoms with Crippen LogP contribution in [0.15, 0.2) is 42.6 Å². The average molecular weight is 460 g/mol. The number of nitrogens with one attached hydrogen (secondary N) is 1. The number of amides is 3. The topological polar surface area (TPSA) is 82.7 Å². The van der Waals surface area contributed by atoms with E-state index in [1.54, 1.807) is 19.2 Å². The van der Waals surface area contributed by atoms with E-state index in [0.29, 0.717) is 43.0 Å². The van der Waals surface area contributed by atoms with Gasteiger partial charge >= 0.3 is 0 Å². The van der Waals surface area contributed by atoms with E-state index in [9.17, 15) is 14.4 Å². The van der Waals surface area contributed by atoms with Gasteiger partial charge in [0.05, 0.1) is 18.2 Å². The lowest BCUT2D eigenvalue weighted by Gasteiger charge is -2.32. The summed E-state index contributed by atoms with van der Waals surface area (Å²) < 4.78 is 5.38. The fourth-order valence-electron chi connectivity index (χ4n) is 5.18. The number of imide groups is 1. The van der Waals surface area contributed by atoms with Gasteiger partial charge in [-0.3, -0.25) is 19.3 Å². The van der Waals surface area contributed by atoms with Crippen LogP contribution in [0.3, 0.4) is 0 Å². The van der Waals surface area contributed by atoms with Crippen molar-refractivity contribution in [2.45, 2.75) is 38.5 Å². The van der Waals surface area contributed by atoms with E-state index >= 15 is 0 Å². The Labute approximate surface area is 198 Å². The number of hydrogen-bond donors (Lipinski definition) is 1. The number of nitrogens with zero attached hydrogens (tertiary/aromatic N) is 2. The first kappa shape index (κ1) is 22.2. The zero-order valence-electron chi connectivity index (χ0n) is 19.6. The van der Waals surface area contributed by atoms with Gasteiger partial charge in [0.2, 0.25) is 5.91 Å². The molecule has 176 valence electrons. The van der Waals surface area contributed by atoms with E-state index in [-0.39, 0.29) is 24.3 Å². The zero-order valence-corrected chi connectivity index (χ0v) is 19.6. The number of aromatic amines is 1. The van der Waals surface area contributed by atoms with Crippen LogP contribution in [0.2, 0.25) is 0 Å². The summed E-state index contributed by atoms with van der Waals surface area (Å²) in [4.78, 5) is 44.5. The molecule has 0 aliphatic carbocycles. The molecular formula is C27H29N3O4. The summed E-state index contributed by atoms with van der Waals surface area (Å²) in [7, 11) is 1.67. The van der Waals surface area contributed by atoms with Crippen molar-refractivity contribution in [3.05, 3.63) is 64.8 Å². The van der Waals surface area contributed by atoms with E-state index in [0.717, 1.165) is 29.7 Å². The molecule has 1 saturated heterocycles. The summed E-state index contributed by atoms with van der Waals surface area (Å²) in [6.45, 7) is 3.60. The van der Waals surface area contributed by atoms with Gasteiger partial charge in [0, 0.05) is 43.2 Å². The van der Waals surface area contributed by atoms with Crippen LogP contribution >= 0.6 is 0 Å². The number of likely N-dealkylation sites (tertiary alicyclic amines) is 1. The van der Waals surface area contributed by atoms with Crippen LogP contribution in [0, 0.1) is 6.92 Å². The molecule has 5 rings (SSSR count). The summed E-state index contributed by atoms with van der Waals surface area (Å²) in [6, 6.07) is 11.4. The zero-order chi connectivity index (χ0) is 23.8. The molecule has 0 unspecified atom stereocenters. The minimum atomic E-state index is -0.261. The maximum atomic E-state index is 12.8. The number of H-pyrrole nitrogens is 1. The molecule has 2 aliphatic heterocycles. The number of aromatic nitrogens is 1. The standard InChI is InChI=1S/C27H29N3O4/c1-17-5-7-20-22(14-17)27(33)30(26(20)32)11-3-4-25(31)29-12-9-18(10-13-29)23-16-28-24-8-6-19(34-2)15-21(23)24/h5-8,14-16,18,28H,3-4,9-13H2,1-2H3. The Kier molecular flexibility index (Phi) is 5.86. The van der Waals surface area contributed by atoms with Crippen LogP contribution in [0.5, 0.6) is 5.75 Å². The van der Waals surface area contributed by atoms with E-state index in [1.165, 1.54) is 15.8 Å². The number of ether oxygens (including phenoxy) is 1. The second kappa shape index (κ2) is 8.97. The predicted octanol–water partition coefficient (Wildman–Crippen LogP) is 4.27. The van der Waals surface area contributed by atoms with Crippen LogP contribution in [0.1, 0.15) is 63.4 Å². The van der Waals surface area contributed by atoms with Gasteiger partial charge in [0.25, 0.3) is 11.8 Å². The van der Waals surface area contributed by atoms with Gasteiger partial charge in [-0.15, -0.1) is 0 Å². The highest BCUT2D eigenvalue weighted by Crippen LogP contribution is 2.35. The summed E-state index contributed by atoms with van der Waals surface area (Å²) in [5, 5.41) is 1.18. The van der Waals surface area contributed by atoms with Gasteiger partial charge in [-0.1, -0.05) is 11.6 Å². The van der Waals surface area contributed by atoms with E-state index < -0.39 is 0 Å². The molecule has 34 heavy (non-hydrogen) atoms. The predicted molar refractivity (Wildman–Crippen MR) is 129 cm³/mol. The highest BCUT2D eigenvalue weighted by Gasteiger charge is 2.35. The van der Waals surface area contributed by atoms with Crippen molar-refractivity contribution < 1.29 is 19.1 Å². The van der Waals surface area contributed by atoms with Gasteiger partial charge in [0.15, 0.2) is 0 Å². The van der Waals surface area contributed by atoms with Crippen LogP contribution in [0.4, 0.5) is 0 Å². The van der Waals surface area contributed by atoms with Crippen molar-refractivity contribution in [2.24, 2.45) is 0 Å². The normalized spacial score (nSPS) is 16.4. The van der Waals surface area contributed by atoms with Crippen LogP contribution < -0.4 is 4.74 Å². The van der Waals surface area contributed by atoms with Crippen LogP contribution in [-0.4, -0.2) is 59.2 Å². The minimum absolute atomic E-state index is 0.0894. The number of methoxy groups -OCH3 is 1. The summed E-state index contributed by atoms with van der Waals surface area (Å²) in [5.41, 5.74) is 4.25. The summed E-state index contributed by atoms with van der Waals surface area (Å²) in [6.07, 6.45) is 4.71. The second-order valence-corrected chi connectivity index (χ2v) is 9.23. The Morgan fingerprint density at radius 2 is 1.82 bits per heavy atom. The Morgan fingerprint density at radius 1 is 1.06 bits per heavy atom. The number of aryl methyl sites for hydroxylation is 1. The Bertz CT molecular complexity index is 1270. The van der Waals surface area contributed by atoms with Gasteiger partial charge < -0.3 is 14.6 Å². The number of hydrogen-bond acceptors (Lipinski definition) is 4. The molecule has 3 aromatic rings. The lowest BCUT2D eigenvalue weighted by molar-refractivity contribution is -0.132. The average Bonchev–Trinajstić information content (AvgIpc) is 3.38. The molecule has 3 amide bonds. The third-order valence-electron chi connectivity index (χ3n) is 7.11. The lowest BCUT2D eigenvalue weighted by atomic mass is 9.89. The summed E-state index contributed by atoms with van der Waals surface area (Å²) in [5.74, 6) is 0.809. The first-order valence-corrected chi connectivity index (χ1v) is 11.9. The molecule has 0 atom stereocenters. The number of rotatable bonds is 6. The SMILES string of the molecule is COc1ccc2[nH]cc(C3CCN(C(=O)CCCN4C(=O)c5ccc(C)cc5C4=O)CC3)c2c1. The van der Waals surface area contributed by atoms with Crippen molar-refractivity contribution >= 4 is 28.6 Å². The number of carbonyl (C=O) groups is 3. The third-order valence-corrected chi connectivity index (χ3v) is 7.11. The minimum Gasteiger partial charge on any atom is -0.497 e. The first-order valence-electron chi connectivity index (χ1n) is 11.9. The fourth-order valence-corrected chi connectivity index (χ4v) is 5.18. The number of piperidine rings is 1. The molecular weight excluding hydrogens is 430 g/mol. The molecule has 3 heterocycles. The quantitative estimate of drug-likeness (QED) is 0.558. The van der Waals surface area contributed by atoms with Crippen molar-refractivity contribution in [2.75, 3.05) is 26.7 Å². The highest BCUT2D eigenvalue weighted by molar-refractivity contribution is 6.21. The molecule has 1 aromatic heterocycles.